The lowest BCUT2D eigenvalue weighted by Gasteiger charge is -2.04. The molecule has 1 N–H and O–H groups in total. The molecule has 142 valence electrons. The van der Waals surface area contributed by atoms with Gasteiger partial charge in [-0.15, -0.1) is 5.10 Å². The summed E-state index contributed by atoms with van der Waals surface area (Å²) in [5.41, 5.74) is 1.45. The van der Waals surface area contributed by atoms with E-state index in [1.165, 1.54) is 25.5 Å². The molecule has 28 heavy (non-hydrogen) atoms. The summed E-state index contributed by atoms with van der Waals surface area (Å²) in [7, 11) is 1.21. The molecule has 6 nitrogen and oxygen atoms in total. The maximum atomic E-state index is 13.9. The van der Waals surface area contributed by atoms with E-state index in [0.717, 1.165) is 23.9 Å². The zero-order chi connectivity index (χ0) is 20.1. The van der Waals surface area contributed by atoms with Crippen LogP contribution < -0.4 is 5.32 Å². The highest BCUT2D eigenvalue weighted by Gasteiger charge is 2.24. The number of hydrogen-bond acceptors (Lipinski definition) is 6. The molecule has 1 aliphatic heterocycles. The Morgan fingerprint density at radius 1 is 1.21 bits per heavy atom. The average Bonchev–Trinajstić information content (AvgIpc) is 3.01. The molecule has 1 heterocycles. The fourth-order valence-electron chi connectivity index (χ4n) is 2.30. The number of rotatable bonds is 4. The molecule has 1 fully saturated rings. The predicted molar refractivity (Wildman–Crippen MR) is 103 cm³/mol. The van der Waals surface area contributed by atoms with Crippen LogP contribution in [-0.2, 0) is 14.3 Å². The molecule has 1 saturated heterocycles. The number of halogens is 2. The van der Waals surface area contributed by atoms with Gasteiger partial charge in [0.25, 0.3) is 5.91 Å². The third kappa shape index (κ3) is 4.68. The smallest absolute Gasteiger partial charge is 0.331 e. The average molecular weight is 401 g/mol. The summed E-state index contributed by atoms with van der Waals surface area (Å²) < 4.78 is 31.5. The van der Waals surface area contributed by atoms with Gasteiger partial charge < -0.3 is 4.74 Å². The third-order valence-corrected chi connectivity index (χ3v) is 4.49. The third-order valence-electron chi connectivity index (χ3n) is 3.59. The molecule has 3 rings (SSSR count). The van der Waals surface area contributed by atoms with Crippen LogP contribution in [0.5, 0.6) is 0 Å². The number of carbonyl (C=O) groups is 2. The van der Waals surface area contributed by atoms with Gasteiger partial charge in [-0.05, 0) is 41.1 Å². The number of ether oxygens (including phenoxy) is 1. The molecule has 0 aromatic heterocycles. The number of hydrogen-bond donors (Lipinski definition) is 1. The van der Waals surface area contributed by atoms with Crippen LogP contribution in [0.4, 0.5) is 8.78 Å². The fourth-order valence-corrected chi connectivity index (χ4v) is 3.04. The highest BCUT2D eigenvalue weighted by molar-refractivity contribution is 8.18. The highest BCUT2D eigenvalue weighted by Crippen LogP contribution is 2.25. The maximum Gasteiger partial charge on any atom is 0.331 e. The monoisotopic (exact) mass is 401 g/mol. The van der Waals surface area contributed by atoms with E-state index in [1.54, 1.807) is 24.3 Å². The molecule has 0 spiro atoms. The number of benzene rings is 2. The Hall–Kier alpha value is -3.33. The summed E-state index contributed by atoms with van der Waals surface area (Å²) in [6.45, 7) is 0. The summed E-state index contributed by atoms with van der Waals surface area (Å²) in [4.78, 5) is 23.1. The van der Waals surface area contributed by atoms with Crippen LogP contribution in [0.3, 0.4) is 0 Å². The molecule has 9 heteroatoms. The quantitative estimate of drug-likeness (QED) is 0.369. The normalized spacial score (nSPS) is 16.8. The number of nitrogens with zero attached hydrogens (tertiary/aromatic N) is 2. The van der Waals surface area contributed by atoms with Gasteiger partial charge in [-0.2, -0.15) is 5.10 Å². The van der Waals surface area contributed by atoms with Crippen molar-refractivity contribution < 1.29 is 23.1 Å². The van der Waals surface area contributed by atoms with E-state index < -0.39 is 23.5 Å². The molecule has 0 unspecified atom stereocenters. The second kappa shape index (κ2) is 8.57. The number of nitrogens with one attached hydrogen (secondary N) is 1. The van der Waals surface area contributed by atoms with Crippen LogP contribution in [-0.4, -0.2) is 30.4 Å². The molecule has 0 aliphatic carbocycles. The lowest BCUT2D eigenvalue weighted by Crippen LogP contribution is -2.19. The second-order valence-corrected chi connectivity index (χ2v) is 6.52. The summed E-state index contributed by atoms with van der Waals surface area (Å²) in [5.74, 6) is -2.43. The SMILES string of the molecule is COC(=O)/C=C1/S/C(=N\N=Cc2cccc(-c3ccc(F)cc3F)c2)NC1=O. The molecule has 2 aromatic carbocycles. The minimum Gasteiger partial charge on any atom is -0.466 e. The van der Waals surface area contributed by atoms with E-state index in [0.29, 0.717) is 11.1 Å². The van der Waals surface area contributed by atoms with Gasteiger partial charge in [-0.25, -0.2) is 13.6 Å². The lowest BCUT2D eigenvalue weighted by atomic mass is 10.0. The number of thioether (sulfide) groups is 1. The molecule has 2 aromatic rings. The Bertz CT molecular complexity index is 1030. The van der Waals surface area contributed by atoms with Crippen molar-refractivity contribution in [3.8, 4) is 11.1 Å². The Morgan fingerprint density at radius 3 is 2.79 bits per heavy atom. The molecule has 0 radical (unpaired) electrons. The molecule has 1 aliphatic rings. The van der Waals surface area contributed by atoms with Gasteiger partial charge in [0.05, 0.1) is 18.2 Å². The van der Waals surface area contributed by atoms with Crippen molar-refractivity contribution in [3.05, 3.63) is 70.6 Å². The minimum absolute atomic E-state index is 0.148. The van der Waals surface area contributed by atoms with E-state index in [4.69, 9.17) is 0 Å². The van der Waals surface area contributed by atoms with Crippen molar-refractivity contribution in [2.75, 3.05) is 7.11 Å². The number of methoxy groups -OCH3 is 1. The van der Waals surface area contributed by atoms with E-state index in [9.17, 15) is 18.4 Å². The van der Waals surface area contributed by atoms with E-state index in [-0.39, 0.29) is 15.6 Å². The van der Waals surface area contributed by atoms with E-state index in [1.807, 2.05) is 0 Å². The van der Waals surface area contributed by atoms with E-state index >= 15 is 0 Å². The van der Waals surface area contributed by atoms with Crippen molar-refractivity contribution in [3.63, 3.8) is 0 Å². The van der Waals surface area contributed by atoms with Crippen molar-refractivity contribution in [2.24, 2.45) is 10.2 Å². The van der Waals surface area contributed by atoms with Crippen LogP contribution >= 0.6 is 11.8 Å². The van der Waals surface area contributed by atoms with Crippen LogP contribution in [0, 0.1) is 11.6 Å². The predicted octanol–water partition coefficient (Wildman–Crippen LogP) is 3.24. The number of carbonyl (C=O) groups excluding carboxylic acids is 2. The first-order chi connectivity index (χ1) is 13.5. The molecular weight excluding hydrogens is 388 g/mol. The van der Waals surface area contributed by atoms with Gasteiger partial charge in [-0.3, -0.25) is 10.1 Å². The van der Waals surface area contributed by atoms with Crippen LogP contribution in [0.1, 0.15) is 5.56 Å². The summed E-state index contributed by atoms with van der Waals surface area (Å²) in [6.07, 6.45) is 2.49. The Morgan fingerprint density at radius 2 is 2.04 bits per heavy atom. The fraction of sp³-hybridized carbons (Fsp3) is 0.0526. The summed E-state index contributed by atoms with van der Waals surface area (Å²) in [5, 5.41) is 10.5. The lowest BCUT2D eigenvalue weighted by molar-refractivity contribution is -0.135. The van der Waals surface area contributed by atoms with Crippen LogP contribution in [0.15, 0.2) is 63.6 Å². The Balaban J connectivity index is 1.75. The van der Waals surface area contributed by atoms with E-state index in [2.05, 4.69) is 20.3 Å². The van der Waals surface area contributed by atoms with Gasteiger partial charge in [0.15, 0.2) is 5.17 Å². The van der Waals surface area contributed by atoms with Crippen molar-refractivity contribution in [2.45, 2.75) is 0 Å². The molecule has 0 bridgehead atoms. The molecule has 0 saturated carbocycles. The number of esters is 1. The summed E-state index contributed by atoms with van der Waals surface area (Å²) in [6, 6.07) is 10.2. The highest BCUT2D eigenvalue weighted by atomic mass is 32.2. The first kappa shape index (κ1) is 19.4. The van der Waals surface area contributed by atoms with Gasteiger partial charge in [-0.1, -0.05) is 18.2 Å². The minimum atomic E-state index is -0.663. The maximum absolute atomic E-state index is 13.9. The number of amidine groups is 1. The topological polar surface area (TPSA) is 80.1 Å². The Labute approximate surface area is 163 Å². The van der Waals surface area contributed by atoms with Crippen molar-refractivity contribution in [1.29, 1.82) is 0 Å². The summed E-state index contributed by atoms with van der Waals surface area (Å²) >= 11 is 0.952. The van der Waals surface area contributed by atoms with Gasteiger partial charge >= 0.3 is 5.97 Å². The van der Waals surface area contributed by atoms with Gasteiger partial charge in [0, 0.05) is 17.7 Å². The van der Waals surface area contributed by atoms with Crippen molar-refractivity contribution in [1.82, 2.24) is 5.32 Å². The largest absolute Gasteiger partial charge is 0.466 e. The first-order valence-corrected chi connectivity index (χ1v) is 8.73. The van der Waals surface area contributed by atoms with Gasteiger partial charge in [0.1, 0.15) is 11.6 Å². The first-order valence-electron chi connectivity index (χ1n) is 7.91. The standard InChI is InChI=1S/C19H13F2N3O3S/c1-27-17(25)9-16-18(26)23-19(28-16)24-22-10-11-3-2-4-12(7-11)14-6-5-13(20)8-15(14)21/h2-10H,1H3,(H,23,24,26)/b16-9+,22-10?. The Kier molecular flexibility index (Phi) is 5.95. The molecule has 1 amide bonds. The van der Waals surface area contributed by atoms with Crippen molar-refractivity contribution >= 4 is 35.0 Å². The second-order valence-electron chi connectivity index (χ2n) is 5.49. The molecular formula is C19H13F2N3O3S. The van der Waals surface area contributed by atoms with Crippen LogP contribution in [0.2, 0.25) is 0 Å². The van der Waals surface area contributed by atoms with Crippen LogP contribution in [0.25, 0.3) is 11.1 Å². The zero-order valence-electron chi connectivity index (χ0n) is 14.5. The number of amides is 1. The zero-order valence-corrected chi connectivity index (χ0v) is 15.3. The molecule has 0 atom stereocenters. The van der Waals surface area contributed by atoms with Gasteiger partial charge in [0.2, 0.25) is 0 Å².